The fraction of sp³-hybridized carbons (Fsp3) is 0.471. The predicted octanol–water partition coefficient (Wildman–Crippen LogP) is 2.59. The quantitative estimate of drug-likeness (QED) is 0.585. The number of aliphatic carboxylic acids is 1. The summed E-state index contributed by atoms with van der Waals surface area (Å²) in [6.07, 6.45) is 1.95. The van der Waals surface area contributed by atoms with E-state index in [1.807, 2.05) is 20.8 Å². The molecule has 132 valence electrons. The van der Waals surface area contributed by atoms with Gasteiger partial charge in [0.2, 0.25) is 0 Å². The average Bonchev–Trinajstić information content (AvgIpc) is 2.50. The number of carboxylic acids is 1. The zero-order chi connectivity index (χ0) is 18.1. The molecule has 0 spiro atoms. The van der Waals surface area contributed by atoms with Gasteiger partial charge in [0, 0.05) is 17.3 Å². The van der Waals surface area contributed by atoms with Crippen molar-refractivity contribution in [1.82, 2.24) is 10.6 Å². The van der Waals surface area contributed by atoms with Crippen molar-refractivity contribution in [3.05, 3.63) is 29.8 Å². The molecular formula is C17H25N3O4. The average molecular weight is 335 g/mol. The van der Waals surface area contributed by atoms with Crippen molar-refractivity contribution in [2.24, 2.45) is 0 Å². The highest BCUT2D eigenvalue weighted by atomic mass is 16.4. The molecule has 4 N–H and O–H groups in total. The van der Waals surface area contributed by atoms with Crippen LogP contribution in [0.15, 0.2) is 24.3 Å². The Morgan fingerprint density at radius 3 is 2.46 bits per heavy atom. The Bertz CT molecular complexity index is 587. The molecular weight excluding hydrogens is 310 g/mol. The van der Waals surface area contributed by atoms with E-state index in [9.17, 15) is 19.5 Å². The van der Waals surface area contributed by atoms with Crippen LogP contribution in [0.3, 0.4) is 0 Å². The maximum Gasteiger partial charge on any atom is 0.326 e. The summed E-state index contributed by atoms with van der Waals surface area (Å²) in [4.78, 5) is 35.1. The Balaban J connectivity index is 2.75. The van der Waals surface area contributed by atoms with Crippen LogP contribution in [0.5, 0.6) is 0 Å². The molecule has 0 heterocycles. The third kappa shape index (κ3) is 6.68. The maximum atomic E-state index is 12.2. The van der Waals surface area contributed by atoms with Gasteiger partial charge in [-0.05, 0) is 38.5 Å². The molecule has 0 fully saturated rings. The first kappa shape index (κ1) is 19.5. The van der Waals surface area contributed by atoms with Crippen LogP contribution >= 0.6 is 0 Å². The molecule has 1 rings (SSSR count). The van der Waals surface area contributed by atoms with Crippen molar-refractivity contribution >= 4 is 23.6 Å². The molecule has 0 bridgehead atoms. The van der Waals surface area contributed by atoms with Crippen LogP contribution < -0.4 is 16.0 Å². The van der Waals surface area contributed by atoms with Gasteiger partial charge in [0.05, 0.1) is 0 Å². The van der Waals surface area contributed by atoms with E-state index in [0.717, 1.165) is 6.42 Å². The van der Waals surface area contributed by atoms with Crippen molar-refractivity contribution in [2.45, 2.75) is 52.1 Å². The van der Waals surface area contributed by atoms with Crippen molar-refractivity contribution in [1.29, 1.82) is 0 Å². The summed E-state index contributed by atoms with van der Waals surface area (Å²) in [6, 6.07) is 5.07. The number of hydrogen-bond donors (Lipinski definition) is 4. The first-order valence-corrected chi connectivity index (χ1v) is 8.04. The standard InChI is InChI=1S/C17H25N3O4/c1-4-5-9-14(16(22)23)20-15(21)12-7-6-8-13(10-12)19-17(24)18-11(2)3/h6-8,10-11,14H,4-5,9H2,1-3H3,(H,20,21)(H,22,23)(H2,18,19,24). The van der Waals surface area contributed by atoms with Crippen molar-refractivity contribution < 1.29 is 19.5 Å². The highest BCUT2D eigenvalue weighted by molar-refractivity contribution is 5.98. The molecule has 7 nitrogen and oxygen atoms in total. The summed E-state index contributed by atoms with van der Waals surface area (Å²) < 4.78 is 0. The smallest absolute Gasteiger partial charge is 0.326 e. The molecule has 0 saturated carbocycles. The van der Waals surface area contributed by atoms with Crippen LogP contribution in [0.4, 0.5) is 10.5 Å². The van der Waals surface area contributed by atoms with Gasteiger partial charge in [-0.25, -0.2) is 9.59 Å². The zero-order valence-electron chi connectivity index (χ0n) is 14.3. The number of urea groups is 1. The van der Waals surface area contributed by atoms with Crippen LogP contribution in [0.25, 0.3) is 0 Å². The van der Waals surface area contributed by atoms with Gasteiger partial charge in [-0.15, -0.1) is 0 Å². The van der Waals surface area contributed by atoms with Gasteiger partial charge in [0.1, 0.15) is 6.04 Å². The number of benzene rings is 1. The van der Waals surface area contributed by atoms with Gasteiger partial charge in [0.15, 0.2) is 0 Å². The highest BCUT2D eigenvalue weighted by Gasteiger charge is 2.20. The molecule has 1 unspecified atom stereocenters. The fourth-order valence-electron chi connectivity index (χ4n) is 2.07. The van der Waals surface area contributed by atoms with Crippen LogP contribution in [-0.2, 0) is 4.79 Å². The molecule has 1 atom stereocenters. The molecule has 0 aliphatic rings. The molecule has 3 amide bonds. The lowest BCUT2D eigenvalue weighted by atomic mass is 10.1. The third-order valence-electron chi connectivity index (χ3n) is 3.25. The number of hydrogen-bond acceptors (Lipinski definition) is 3. The van der Waals surface area contributed by atoms with Crippen molar-refractivity contribution in [3.8, 4) is 0 Å². The monoisotopic (exact) mass is 335 g/mol. The first-order valence-electron chi connectivity index (χ1n) is 8.04. The molecule has 0 aliphatic heterocycles. The maximum absolute atomic E-state index is 12.2. The second-order valence-corrected chi connectivity index (χ2v) is 5.84. The summed E-state index contributed by atoms with van der Waals surface area (Å²) in [5.41, 5.74) is 0.751. The van der Waals surface area contributed by atoms with Gasteiger partial charge in [-0.2, -0.15) is 0 Å². The number of unbranched alkanes of at least 4 members (excludes halogenated alkanes) is 1. The number of anilines is 1. The zero-order valence-corrected chi connectivity index (χ0v) is 14.3. The van der Waals surface area contributed by atoms with E-state index in [0.29, 0.717) is 24.1 Å². The predicted molar refractivity (Wildman–Crippen MR) is 92.1 cm³/mol. The van der Waals surface area contributed by atoms with Crippen molar-refractivity contribution in [2.75, 3.05) is 5.32 Å². The lowest BCUT2D eigenvalue weighted by molar-refractivity contribution is -0.139. The topological polar surface area (TPSA) is 108 Å². The third-order valence-corrected chi connectivity index (χ3v) is 3.25. The van der Waals surface area contributed by atoms with Gasteiger partial charge in [0.25, 0.3) is 5.91 Å². The Kier molecular flexibility index (Phi) is 7.74. The number of carbonyl (C=O) groups is 3. The lowest BCUT2D eigenvalue weighted by Crippen LogP contribution is -2.40. The molecule has 1 aromatic carbocycles. The second-order valence-electron chi connectivity index (χ2n) is 5.84. The Labute approximate surface area is 141 Å². The van der Waals surface area contributed by atoms with Crippen molar-refractivity contribution in [3.63, 3.8) is 0 Å². The van der Waals surface area contributed by atoms with E-state index in [-0.39, 0.29) is 12.1 Å². The Hall–Kier alpha value is -2.57. The SMILES string of the molecule is CCCCC(NC(=O)c1cccc(NC(=O)NC(C)C)c1)C(=O)O. The molecule has 24 heavy (non-hydrogen) atoms. The number of nitrogens with one attached hydrogen (secondary N) is 3. The van der Waals surface area contributed by atoms with Gasteiger partial charge in [-0.3, -0.25) is 4.79 Å². The normalized spacial score (nSPS) is 11.7. The molecule has 0 saturated heterocycles. The number of amides is 3. The van der Waals surface area contributed by atoms with E-state index >= 15 is 0 Å². The number of carbonyl (C=O) groups excluding carboxylic acids is 2. The minimum absolute atomic E-state index is 0.00799. The van der Waals surface area contributed by atoms with Crippen LogP contribution in [0.2, 0.25) is 0 Å². The van der Waals surface area contributed by atoms with Gasteiger partial charge in [-0.1, -0.05) is 25.8 Å². The van der Waals surface area contributed by atoms with Gasteiger partial charge < -0.3 is 21.1 Å². The van der Waals surface area contributed by atoms with Gasteiger partial charge >= 0.3 is 12.0 Å². The van der Waals surface area contributed by atoms with E-state index in [1.54, 1.807) is 18.2 Å². The second kappa shape index (κ2) is 9.54. The molecule has 0 aromatic heterocycles. The Morgan fingerprint density at radius 2 is 1.88 bits per heavy atom. The molecule has 7 heteroatoms. The summed E-state index contributed by atoms with van der Waals surface area (Å²) in [6.45, 7) is 5.63. The summed E-state index contributed by atoms with van der Waals surface area (Å²) >= 11 is 0. The summed E-state index contributed by atoms with van der Waals surface area (Å²) in [5.74, 6) is -1.53. The minimum atomic E-state index is -1.05. The largest absolute Gasteiger partial charge is 0.480 e. The van der Waals surface area contributed by atoms with E-state index in [2.05, 4.69) is 16.0 Å². The van der Waals surface area contributed by atoms with Crippen LogP contribution in [-0.4, -0.2) is 35.1 Å². The van der Waals surface area contributed by atoms with Crippen LogP contribution in [0.1, 0.15) is 50.4 Å². The fourth-order valence-corrected chi connectivity index (χ4v) is 2.07. The van der Waals surface area contributed by atoms with E-state index in [1.165, 1.54) is 6.07 Å². The van der Waals surface area contributed by atoms with Crippen LogP contribution in [0, 0.1) is 0 Å². The Morgan fingerprint density at radius 1 is 1.17 bits per heavy atom. The highest BCUT2D eigenvalue weighted by Crippen LogP contribution is 2.11. The lowest BCUT2D eigenvalue weighted by Gasteiger charge is -2.15. The molecule has 0 radical (unpaired) electrons. The molecule has 1 aromatic rings. The van der Waals surface area contributed by atoms with E-state index in [4.69, 9.17) is 0 Å². The number of rotatable bonds is 8. The van der Waals surface area contributed by atoms with E-state index < -0.39 is 17.9 Å². The molecule has 0 aliphatic carbocycles. The summed E-state index contributed by atoms with van der Waals surface area (Å²) in [7, 11) is 0. The first-order chi connectivity index (χ1) is 11.3. The summed E-state index contributed by atoms with van der Waals surface area (Å²) in [5, 5.41) is 17.0. The minimum Gasteiger partial charge on any atom is -0.480 e. The number of carboxylic acid groups (broad SMARTS) is 1.